The summed E-state index contributed by atoms with van der Waals surface area (Å²) in [6.07, 6.45) is 0.358. The van der Waals surface area contributed by atoms with Gasteiger partial charge in [0.05, 0.1) is 0 Å². The number of halogens is 1. The van der Waals surface area contributed by atoms with Gasteiger partial charge in [-0.15, -0.1) is 0 Å². The van der Waals surface area contributed by atoms with Crippen LogP contribution in [0.2, 0.25) is 5.02 Å². The number of benzene rings is 1. The number of hydrogen-bond donors (Lipinski definition) is 2. The molecular weight excluding hydrogens is 248 g/mol. The Labute approximate surface area is 114 Å². The molecule has 0 fully saturated rings. The molecule has 18 heavy (non-hydrogen) atoms. The zero-order chi connectivity index (χ0) is 13.8. The maximum atomic E-state index is 11.6. The Morgan fingerprint density at radius 2 is 1.94 bits per heavy atom. The molecule has 1 rings (SSSR count). The summed E-state index contributed by atoms with van der Waals surface area (Å²) >= 11 is 5.86. The minimum atomic E-state index is -0.127. The van der Waals surface area contributed by atoms with E-state index in [-0.39, 0.29) is 17.4 Å². The van der Waals surface area contributed by atoms with Crippen molar-refractivity contribution in [3.63, 3.8) is 0 Å². The number of carbonyl (C=O) groups is 1. The van der Waals surface area contributed by atoms with Crippen LogP contribution in [-0.2, 0) is 10.2 Å². The summed E-state index contributed by atoms with van der Waals surface area (Å²) in [6, 6.07) is 7.59. The van der Waals surface area contributed by atoms with Gasteiger partial charge in [-0.25, -0.2) is 0 Å². The van der Waals surface area contributed by atoms with Crippen LogP contribution in [0.15, 0.2) is 24.3 Å². The summed E-state index contributed by atoms with van der Waals surface area (Å²) in [6.45, 7) is 6.58. The van der Waals surface area contributed by atoms with E-state index in [9.17, 15) is 4.79 Å². The fraction of sp³-hybridized carbons (Fsp3) is 0.500. The highest BCUT2D eigenvalue weighted by Crippen LogP contribution is 2.23. The van der Waals surface area contributed by atoms with Gasteiger partial charge in [0.15, 0.2) is 0 Å². The Kier molecular flexibility index (Phi) is 5.17. The Morgan fingerprint density at radius 3 is 2.44 bits per heavy atom. The van der Waals surface area contributed by atoms with Crippen LogP contribution in [0.25, 0.3) is 0 Å². The number of amides is 1. The van der Waals surface area contributed by atoms with E-state index in [0.717, 1.165) is 10.6 Å². The lowest BCUT2D eigenvalue weighted by Gasteiger charge is -2.26. The van der Waals surface area contributed by atoms with E-state index in [1.165, 1.54) is 0 Å². The van der Waals surface area contributed by atoms with Crippen molar-refractivity contribution >= 4 is 17.5 Å². The summed E-state index contributed by atoms with van der Waals surface area (Å²) in [5.74, 6) is -0.00737. The van der Waals surface area contributed by atoms with E-state index < -0.39 is 0 Å². The molecule has 3 N–H and O–H groups in total. The first-order valence-corrected chi connectivity index (χ1v) is 6.47. The second-order valence-electron chi connectivity index (χ2n) is 5.35. The predicted molar refractivity (Wildman–Crippen MR) is 75.8 cm³/mol. The number of carbonyl (C=O) groups excluding carboxylic acids is 1. The average molecular weight is 269 g/mol. The molecule has 0 heterocycles. The first-order chi connectivity index (χ1) is 8.31. The van der Waals surface area contributed by atoms with E-state index >= 15 is 0 Å². The Balaban J connectivity index is 2.59. The first-order valence-electron chi connectivity index (χ1n) is 6.09. The van der Waals surface area contributed by atoms with Crippen LogP contribution < -0.4 is 11.1 Å². The van der Waals surface area contributed by atoms with E-state index in [4.69, 9.17) is 17.3 Å². The van der Waals surface area contributed by atoms with Crippen LogP contribution in [0.5, 0.6) is 0 Å². The van der Waals surface area contributed by atoms with Crippen LogP contribution in [0.4, 0.5) is 0 Å². The number of hydrogen-bond acceptors (Lipinski definition) is 2. The summed E-state index contributed by atoms with van der Waals surface area (Å²) in [5.41, 5.74) is 6.60. The van der Waals surface area contributed by atoms with Gasteiger partial charge in [0.2, 0.25) is 5.91 Å². The number of nitrogens with two attached hydrogens (primary N) is 1. The van der Waals surface area contributed by atoms with Crippen molar-refractivity contribution in [2.75, 3.05) is 6.54 Å². The first kappa shape index (κ1) is 15.0. The maximum Gasteiger partial charge on any atom is 0.221 e. The van der Waals surface area contributed by atoms with Crippen molar-refractivity contribution < 1.29 is 4.79 Å². The third kappa shape index (κ3) is 4.67. The molecular formula is C14H21ClN2O. The van der Waals surface area contributed by atoms with Crippen molar-refractivity contribution in [1.82, 2.24) is 5.32 Å². The second kappa shape index (κ2) is 6.21. The molecule has 1 atom stereocenters. The van der Waals surface area contributed by atoms with Gasteiger partial charge in [0.25, 0.3) is 0 Å². The van der Waals surface area contributed by atoms with Crippen LogP contribution >= 0.6 is 11.6 Å². The van der Waals surface area contributed by atoms with E-state index in [1.807, 2.05) is 31.2 Å². The van der Waals surface area contributed by atoms with E-state index in [2.05, 4.69) is 19.2 Å². The SMILES string of the molecule is CC(N)CC(=O)NCC(C)(C)c1ccc(Cl)cc1. The quantitative estimate of drug-likeness (QED) is 0.862. The van der Waals surface area contributed by atoms with Crippen molar-refractivity contribution in [2.45, 2.75) is 38.6 Å². The summed E-state index contributed by atoms with van der Waals surface area (Å²) in [7, 11) is 0. The van der Waals surface area contributed by atoms with Crippen LogP contribution in [0, 0.1) is 0 Å². The minimum Gasteiger partial charge on any atom is -0.355 e. The molecule has 0 aliphatic carbocycles. The normalized spacial score (nSPS) is 13.2. The Hall–Kier alpha value is -1.06. The lowest BCUT2D eigenvalue weighted by molar-refractivity contribution is -0.121. The molecule has 3 nitrogen and oxygen atoms in total. The maximum absolute atomic E-state index is 11.6. The van der Waals surface area contributed by atoms with Gasteiger partial charge in [-0.2, -0.15) is 0 Å². The molecule has 0 saturated heterocycles. The molecule has 1 amide bonds. The molecule has 0 bridgehead atoms. The molecule has 0 aliphatic heterocycles. The van der Waals surface area contributed by atoms with Crippen molar-refractivity contribution in [2.24, 2.45) is 5.73 Å². The third-order valence-corrected chi connectivity index (χ3v) is 3.11. The minimum absolute atomic E-state index is 0.00737. The highest BCUT2D eigenvalue weighted by atomic mass is 35.5. The molecule has 1 aromatic rings. The van der Waals surface area contributed by atoms with Gasteiger partial charge >= 0.3 is 0 Å². The van der Waals surface area contributed by atoms with Gasteiger partial charge in [-0.1, -0.05) is 37.6 Å². The monoisotopic (exact) mass is 268 g/mol. The van der Waals surface area contributed by atoms with E-state index in [0.29, 0.717) is 13.0 Å². The van der Waals surface area contributed by atoms with Crippen LogP contribution in [0.1, 0.15) is 32.8 Å². The van der Waals surface area contributed by atoms with Gasteiger partial charge < -0.3 is 11.1 Å². The fourth-order valence-electron chi connectivity index (χ4n) is 1.69. The lowest BCUT2D eigenvalue weighted by atomic mass is 9.84. The average Bonchev–Trinajstić information content (AvgIpc) is 2.26. The van der Waals surface area contributed by atoms with Gasteiger partial charge in [0.1, 0.15) is 0 Å². The lowest BCUT2D eigenvalue weighted by Crippen LogP contribution is -2.38. The molecule has 1 unspecified atom stereocenters. The predicted octanol–water partition coefficient (Wildman–Crippen LogP) is 2.47. The third-order valence-electron chi connectivity index (χ3n) is 2.86. The summed E-state index contributed by atoms with van der Waals surface area (Å²) < 4.78 is 0. The summed E-state index contributed by atoms with van der Waals surface area (Å²) in [4.78, 5) is 11.6. The smallest absolute Gasteiger partial charge is 0.221 e. The largest absolute Gasteiger partial charge is 0.355 e. The molecule has 0 saturated carbocycles. The van der Waals surface area contributed by atoms with Gasteiger partial charge in [-0.3, -0.25) is 4.79 Å². The molecule has 1 aromatic carbocycles. The highest BCUT2D eigenvalue weighted by molar-refractivity contribution is 6.30. The molecule has 4 heteroatoms. The number of rotatable bonds is 5. The van der Waals surface area contributed by atoms with Gasteiger partial charge in [0, 0.05) is 29.4 Å². The molecule has 0 aliphatic rings. The van der Waals surface area contributed by atoms with Crippen molar-refractivity contribution in [3.8, 4) is 0 Å². The second-order valence-corrected chi connectivity index (χ2v) is 5.79. The zero-order valence-electron chi connectivity index (χ0n) is 11.2. The summed E-state index contributed by atoms with van der Waals surface area (Å²) in [5, 5.41) is 3.63. The standard InChI is InChI=1S/C14H21ClN2O/c1-10(16)8-13(18)17-9-14(2,3)11-4-6-12(15)7-5-11/h4-7,10H,8-9,16H2,1-3H3,(H,17,18). The molecule has 0 spiro atoms. The van der Waals surface area contributed by atoms with Crippen molar-refractivity contribution in [1.29, 1.82) is 0 Å². The highest BCUT2D eigenvalue weighted by Gasteiger charge is 2.21. The Bertz CT molecular complexity index is 399. The Morgan fingerprint density at radius 1 is 1.39 bits per heavy atom. The molecule has 0 radical (unpaired) electrons. The fourth-order valence-corrected chi connectivity index (χ4v) is 1.81. The van der Waals surface area contributed by atoms with Crippen LogP contribution in [-0.4, -0.2) is 18.5 Å². The molecule has 0 aromatic heterocycles. The van der Waals surface area contributed by atoms with E-state index in [1.54, 1.807) is 0 Å². The van der Waals surface area contributed by atoms with Gasteiger partial charge in [-0.05, 0) is 24.6 Å². The van der Waals surface area contributed by atoms with Crippen LogP contribution in [0.3, 0.4) is 0 Å². The zero-order valence-corrected chi connectivity index (χ0v) is 11.9. The number of nitrogens with one attached hydrogen (secondary N) is 1. The van der Waals surface area contributed by atoms with Crippen molar-refractivity contribution in [3.05, 3.63) is 34.9 Å². The molecule has 100 valence electrons. The topological polar surface area (TPSA) is 55.1 Å².